The summed E-state index contributed by atoms with van der Waals surface area (Å²) in [5.41, 5.74) is 0. The zero-order valence-corrected chi connectivity index (χ0v) is 10.7. The second-order valence-electron chi connectivity index (χ2n) is 3.78. The van der Waals surface area contributed by atoms with Gasteiger partial charge in [-0.3, -0.25) is 9.59 Å². The van der Waals surface area contributed by atoms with E-state index in [0.29, 0.717) is 26.4 Å². The van der Waals surface area contributed by atoms with Crippen LogP contribution in [0.15, 0.2) is 0 Å². The molecule has 0 heterocycles. The molecular weight excluding hydrogens is 224 g/mol. The molecule has 0 spiro atoms. The standard InChI is InChI=1S/C11H22N2O4/c1-9(2)11(15)13-4-5-16-6-7-17-8-10(14)12-3/h9H,4-8H2,1-3H3,(H,12,14)(H,13,15). The highest BCUT2D eigenvalue weighted by Gasteiger charge is 2.04. The molecule has 0 aliphatic rings. The second-order valence-corrected chi connectivity index (χ2v) is 3.78. The summed E-state index contributed by atoms with van der Waals surface area (Å²) in [5.74, 6) is -0.149. The number of carbonyl (C=O) groups excluding carboxylic acids is 2. The van der Waals surface area contributed by atoms with Gasteiger partial charge in [-0.2, -0.15) is 0 Å². The second kappa shape index (κ2) is 10.0. The molecule has 2 N–H and O–H groups in total. The zero-order valence-electron chi connectivity index (χ0n) is 10.7. The van der Waals surface area contributed by atoms with Gasteiger partial charge in [0.1, 0.15) is 6.61 Å². The van der Waals surface area contributed by atoms with Crippen LogP contribution in [0.25, 0.3) is 0 Å². The lowest BCUT2D eigenvalue weighted by Crippen LogP contribution is -2.31. The smallest absolute Gasteiger partial charge is 0.245 e. The molecule has 0 atom stereocenters. The summed E-state index contributed by atoms with van der Waals surface area (Å²) in [5, 5.41) is 5.18. The Morgan fingerprint density at radius 1 is 1.12 bits per heavy atom. The third kappa shape index (κ3) is 9.77. The molecular formula is C11H22N2O4. The van der Waals surface area contributed by atoms with Gasteiger partial charge in [0.05, 0.1) is 19.8 Å². The van der Waals surface area contributed by atoms with Crippen LogP contribution in [-0.4, -0.2) is 51.8 Å². The maximum absolute atomic E-state index is 11.2. The van der Waals surface area contributed by atoms with E-state index in [2.05, 4.69) is 10.6 Å². The molecule has 0 aromatic carbocycles. The Morgan fingerprint density at radius 2 is 1.76 bits per heavy atom. The highest BCUT2D eigenvalue weighted by Crippen LogP contribution is 1.89. The van der Waals surface area contributed by atoms with Crippen LogP contribution >= 0.6 is 0 Å². The molecule has 0 saturated heterocycles. The van der Waals surface area contributed by atoms with Gasteiger partial charge >= 0.3 is 0 Å². The van der Waals surface area contributed by atoms with E-state index in [1.165, 1.54) is 0 Å². The summed E-state index contributed by atoms with van der Waals surface area (Å²) >= 11 is 0. The number of hydrogen-bond donors (Lipinski definition) is 2. The largest absolute Gasteiger partial charge is 0.377 e. The Balaban J connectivity index is 3.19. The van der Waals surface area contributed by atoms with Gasteiger partial charge in [0.15, 0.2) is 0 Å². The van der Waals surface area contributed by atoms with Gasteiger partial charge in [0.2, 0.25) is 11.8 Å². The number of rotatable bonds is 9. The molecule has 17 heavy (non-hydrogen) atoms. The van der Waals surface area contributed by atoms with E-state index >= 15 is 0 Å². The van der Waals surface area contributed by atoms with Gasteiger partial charge in [0, 0.05) is 19.5 Å². The molecule has 0 aliphatic heterocycles. The van der Waals surface area contributed by atoms with Gasteiger partial charge in [-0.1, -0.05) is 13.8 Å². The monoisotopic (exact) mass is 246 g/mol. The predicted octanol–water partition coefficient (Wildman–Crippen LogP) is -0.462. The Labute approximate surface area is 102 Å². The number of likely N-dealkylation sites (N-methyl/N-ethyl adjacent to an activating group) is 1. The molecule has 0 fully saturated rings. The van der Waals surface area contributed by atoms with E-state index in [9.17, 15) is 9.59 Å². The normalized spacial score (nSPS) is 10.4. The number of carbonyl (C=O) groups is 2. The van der Waals surface area contributed by atoms with Crippen molar-refractivity contribution in [1.29, 1.82) is 0 Å². The molecule has 0 aliphatic carbocycles. The zero-order chi connectivity index (χ0) is 13.1. The fourth-order valence-electron chi connectivity index (χ4n) is 0.907. The molecule has 0 rings (SSSR count). The first-order valence-corrected chi connectivity index (χ1v) is 5.71. The first-order valence-electron chi connectivity index (χ1n) is 5.71. The van der Waals surface area contributed by atoms with Gasteiger partial charge in [-0.05, 0) is 0 Å². The third-order valence-electron chi connectivity index (χ3n) is 1.95. The maximum Gasteiger partial charge on any atom is 0.245 e. The van der Waals surface area contributed by atoms with Crippen molar-refractivity contribution in [2.75, 3.05) is 40.0 Å². The van der Waals surface area contributed by atoms with Crippen molar-refractivity contribution in [3.63, 3.8) is 0 Å². The lowest BCUT2D eigenvalue weighted by molar-refractivity contribution is -0.126. The van der Waals surface area contributed by atoms with Crippen LogP contribution in [0, 0.1) is 5.92 Å². The van der Waals surface area contributed by atoms with Crippen molar-refractivity contribution in [2.24, 2.45) is 5.92 Å². The minimum absolute atomic E-state index is 0.00844. The average Bonchev–Trinajstić information content (AvgIpc) is 2.31. The van der Waals surface area contributed by atoms with E-state index in [1.54, 1.807) is 7.05 Å². The average molecular weight is 246 g/mol. The van der Waals surface area contributed by atoms with Crippen molar-refractivity contribution in [3.05, 3.63) is 0 Å². The maximum atomic E-state index is 11.2. The highest BCUT2D eigenvalue weighted by atomic mass is 16.5. The van der Waals surface area contributed by atoms with E-state index in [4.69, 9.17) is 9.47 Å². The lowest BCUT2D eigenvalue weighted by atomic mass is 10.2. The van der Waals surface area contributed by atoms with Crippen LogP contribution < -0.4 is 10.6 Å². The molecule has 0 aromatic rings. The molecule has 0 radical (unpaired) electrons. The summed E-state index contributed by atoms with van der Waals surface area (Å²) in [6, 6.07) is 0. The van der Waals surface area contributed by atoms with Crippen LogP contribution in [-0.2, 0) is 19.1 Å². The summed E-state index contributed by atoms with van der Waals surface area (Å²) in [7, 11) is 1.56. The minimum Gasteiger partial charge on any atom is -0.377 e. The number of ether oxygens (including phenoxy) is 2. The Kier molecular flexibility index (Phi) is 9.37. The highest BCUT2D eigenvalue weighted by molar-refractivity contribution is 5.77. The fourth-order valence-corrected chi connectivity index (χ4v) is 0.907. The summed E-state index contributed by atoms with van der Waals surface area (Å²) in [6.45, 7) is 5.43. The molecule has 0 unspecified atom stereocenters. The van der Waals surface area contributed by atoms with E-state index in [-0.39, 0.29) is 24.3 Å². The molecule has 2 amide bonds. The van der Waals surface area contributed by atoms with E-state index < -0.39 is 0 Å². The van der Waals surface area contributed by atoms with E-state index in [1.807, 2.05) is 13.8 Å². The van der Waals surface area contributed by atoms with Crippen LogP contribution in [0.4, 0.5) is 0 Å². The minimum atomic E-state index is -0.158. The molecule has 6 heteroatoms. The SMILES string of the molecule is CNC(=O)COCCOCCNC(=O)C(C)C. The number of nitrogens with one attached hydrogen (secondary N) is 2. The summed E-state index contributed by atoms with van der Waals surface area (Å²) < 4.78 is 10.2. The van der Waals surface area contributed by atoms with Gasteiger partial charge in [-0.15, -0.1) is 0 Å². The van der Waals surface area contributed by atoms with Crippen LogP contribution in [0.2, 0.25) is 0 Å². The topological polar surface area (TPSA) is 76.7 Å². The van der Waals surface area contributed by atoms with Crippen molar-refractivity contribution in [3.8, 4) is 0 Å². The van der Waals surface area contributed by atoms with Crippen molar-refractivity contribution in [2.45, 2.75) is 13.8 Å². The van der Waals surface area contributed by atoms with Crippen molar-refractivity contribution < 1.29 is 19.1 Å². The fraction of sp³-hybridized carbons (Fsp3) is 0.818. The Hall–Kier alpha value is -1.14. The van der Waals surface area contributed by atoms with Gasteiger partial charge in [-0.25, -0.2) is 0 Å². The first-order chi connectivity index (χ1) is 8.07. The molecule has 0 saturated carbocycles. The van der Waals surface area contributed by atoms with Crippen molar-refractivity contribution in [1.82, 2.24) is 10.6 Å². The number of amides is 2. The molecule has 0 bridgehead atoms. The molecule has 100 valence electrons. The summed E-state index contributed by atoms with van der Waals surface area (Å²) in [4.78, 5) is 21.9. The molecule has 0 aromatic heterocycles. The van der Waals surface area contributed by atoms with Crippen LogP contribution in [0.1, 0.15) is 13.8 Å². The van der Waals surface area contributed by atoms with Crippen LogP contribution in [0.3, 0.4) is 0 Å². The number of hydrogen-bond acceptors (Lipinski definition) is 4. The Morgan fingerprint density at radius 3 is 2.35 bits per heavy atom. The first kappa shape index (κ1) is 15.9. The van der Waals surface area contributed by atoms with Crippen molar-refractivity contribution >= 4 is 11.8 Å². The quantitative estimate of drug-likeness (QED) is 0.540. The molecule has 6 nitrogen and oxygen atoms in total. The summed E-state index contributed by atoms with van der Waals surface area (Å²) in [6.07, 6.45) is 0. The third-order valence-corrected chi connectivity index (χ3v) is 1.95. The van der Waals surface area contributed by atoms with Gasteiger partial charge in [0.25, 0.3) is 0 Å². The van der Waals surface area contributed by atoms with E-state index in [0.717, 1.165) is 0 Å². The lowest BCUT2D eigenvalue weighted by Gasteiger charge is -2.08. The van der Waals surface area contributed by atoms with Crippen LogP contribution in [0.5, 0.6) is 0 Å². The van der Waals surface area contributed by atoms with Gasteiger partial charge < -0.3 is 20.1 Å². The predicted molar refractivity (Wildman–Crippen MR) is 63.6 cm³/mol. The Bertz CT molecular complexity index is 232.